The maximum atomic E-state index is 10.7. The summed E-state index contributed by atoms with van der Waals surface area (Å²) in [6.07, 6.45) is 2.97. The fourth-order valence-electron chi connectivity index (χ4n) is 2.05. The van der Waals surface area contributed by atoms with E-state index in [0.29, 0.717) is 19.6 Å². The Labute approximate surface area is 118 Å². The summed E-state index contributed by atoms with van der Waals surface area (Å²) in [5, 5.41) is 4.34. The van der Waals surface area contributed by atoms with Crippen molar-refractivity contribution in [1.82, 2.24) is 9.78 Å². The topological polar surface area (TPSA) is 53.3 Å². The number of methoxy groups -OCH3 is 2. The molecular weight excluding hydrogens is 256 g/mol. The molecule has 0 saturated heterocycles. The molecule has 5 heteroatoms. The summed E-state index contributed by atoms with van der Waals surface area (Å²) in [5.74, 6) is 0.827. The van der Waals surface area contributed by atoms with Crippen molar-refractivity contribution in [3.63, 3.8) is 0 Å². The molecule has 0 fully saturated rings. The highest BCUT2D eigenvalue weighted by Crippen LogP contribution is 2.15. The zero-order valence-electron chi connectivity index (χ0n) is 11.7. The largest absolute Gasteiger partial charge is 0.497 e. The maximum absolute atomic E-state index is 10.7. The molecule has 106 valence electrons. The van der Waals surface area contributed by atoms with Crippen molar-refractivity contribution in [2.45, 2.75) is 19.6 Å². The predicted molar refractivity (Wildman–Crippen MR) is 74.8 cm³/mol. The average Bonchev–Trinajstić information content (AvgIpc) is 2.83. The summed E-state index contributed by atoms with van der Waals surface area (Å²) >= 11 is 0. The number of hydrogen-bond acceptors (Lipinski definition) is 4. The first-order valence-corrected chi connectivity index (χ1v) is 6.37. The van der Waals surface area contributed by atoms with Gasteiger partial charge in [-0.25, -0.2) is 0 Å². The van der Waals surface area contributed by atoms with Crippen LogP contribution in [-0.2, 0) is 29.1 Å². The van der Waals surface area contributed by atoms with Crippen LogP contribution in [0.3, 0.4) is 0 Å². The Hall–Kier alpha value is -2.14. The van der Waals surface area contributed by atoms with Gasteiger partial charge in [0.1, 0.15) is 12.0 Å². The van der Waals surface area contributed by atoms with Crippen LogP contribution in [-0.4, -0.2) is 30.3 Å². The molecule has 0 bridgehead atoms. The fourth-order valence-corrected chi connectivity index (χ4v) is 2.05. The van der Waals surface area contributed by atoms with Gasteiger partial charge >= 0.3 is 0 Å². The number of aldehydes is 1. The van der Waals surface area contributed by atoms with E-state index in [2.05, 4.69) is 5.10 Å². The van der Waals surface area contributed by atoms with Crippen molar-refractivity contribution in [3.05, 3.63) is 47.3 Å². The summed E-state index contributed by atoms with van der Waals surface area (Å²) in [5.41, 5.74) is 2.97. The summed E-state index contributed by atoms with van der Waals surface area (Å²) in [6, 6.07) is 7.83. The lowest BCUT2D eigenvalue weighted by Crippen LogP contribution is -2.08. The van der Waals surface area contributed by atoms with E-state index < -0.39 is 0 Å². The van der Waals surface area contributed by atoms with Gasteiger partial charge in [0.25, 0.3) is 0 Å². The van der Waals surface area contributed by atoms with Gasteiger partial charge in [-0.2, -0.15) is 5.10 Å². The van der Waals surface area contributed by atoms with Crippen molar-refractivity contribution in [2.75, 3.05) is 14.2 Å². The third kappa shape index (κ3) is 3.24. The van der Waals surface area contributed by atoms with E-state index in [1.807, 2.05) is 28.9 Å². The summed E-state index contributed by atoms with van der Waals surface area (Å²) in [4.78, 5) is 10.7. The lowest BCUT2D eigenvalue weighted by Gasteiger charge is -2.09. The molecule has 0 aliphatic heterocycles. The third-order valence-electron chi connectivity index (χ3n) is 3.11. The Balaban J connectivity index is 2.20. The first-order valence-electron chi connectivity index (χ1n) is 6.37. The van der Waals surface area contributed by atoms with Crippen LogP contribution in [0.5, 0.6) is 5.75 Å². The molecule has 1 aromatic carbocycles. The summed E-state index contributed by atoms with van der Waals surface area (Å²) < 4.78 is 12.2. The molecule has 1 heterocycles. The number of nitrogens with zero attached hydrogens (tertiary/aromatic N) is 2. The number of ether oxygens (including phenoxy) is 2. The normalized spacial score (nSPS) is 10.5. The van der Waals surface area contributed by atoms with Gasteiger partial charge in [0, 0.05) is 19.1 Å². The van der Waals surface area contributed by atoms with Crippen LogP contribution in [0.25, 0.3) is 0 Å². The third-order valence-corrected chi connectivity index (χ3v) is 3.11. The quantitative estimate of drug-likeness (QED) is 0.723. The molecule has 2 rings (SSSR count). The minimum absolute atomic E-state index is 0.362. The van der Waals surface area contributed by atoms with Crippen LogP contribution < -0.4 is 4.74 Å². The minimum atomic E-state index is 0.362. The van der Waals surface area contributed by atoms with Crippen LogP contribution in [0.4, 0.5) is 0 Å². The van der Waals surface area contributed by atoms with E-state index in [9.17, 15) is 4.79 Å². The number of benzene rings is 1. The van der Waals surface area contributed by atoms with E-state index in [1.54, 1.807) is 20.4 Å². The van der Waals surface area contributed by atoms with Crippen LogP contribution in [0, 0.1) is 0 Å². The molecule has 5 nitrogen and oxygen atoms in total. The number of rotatable bonds is 7. The smallest absolute Gasteiger partial charge is 0.124 e. The van der Waals surface area contributed by atoms with Crippen LogP contribution in [0.2, 0.25) is 0 Å². The molecule has 0 saturated carbocycles. The van der Waals surface area contributed by atoms with Crippen LogP contribution in [0.15, 0.2) is 30.5 Å². The minimum Gasteiger partial charge on any atom is -0.497 e. The first kappa shape index (κ1) is 14.3. The van der Waals surface area contributed by atoms with Crippen molar-refractivity contribution >= 4 is 6.29 Å². The van der Waals surface area contributed by atoms with Crippen molar-refractivity contribution in [2.24, 2.45) is 0 Å². The van der Waals surface area contributed by atoms with E-state index in [1.165, 1.54) is 0 Å². The van der Waals surface area contributed by atoms with E-state index >= 15 is 0 Å². The Morgan fingerprint density at radius 2 is 2.00 bits per heavy atom. The molecule has 20 heavy (non-hydrogen) atoms. The molecule has 1 aromatic heterocycles. The van der Waals surface area contributed by atoms with E-state index in [-0.39, 0.29) is 0 Å². The zero-order chi connectivity index (χ0) is 14.4. The van der Waals surface area contributed by atoms with Gasteiger partial charge in [0.05, 0.1) is 32.2 Å². The number of aromatic nitrogens is 2. The van der Waals surface area contributed by atoms with Crippen LogP contribution >= 0.6 is 0 Å². The Kier molecular flexibility index (Phi) is 4.90. The standard InChI is InChI=1S/C15H18N2O3/c1-19-11-15-13(7-8-18)9-16-17(15)10-12-3-5-14(20-2)6-4-12/h3-6,8-9H,7,10-11H2,1-2H3. The monoisotopic (exact) mass is 274 g/mol. The van der Waals surface area contributed by atoms with E-state index in [4.69, 9.17) is 9.47 Å². The second kappa shape index (κ2) is 6.86. The van der Waals surface area contributed by atoms with Gasteiger partial charge in [-0.1, -0.05) is 12.1 Å². The number of carbonyl (C=O) groups is 1. The summed E-state index contributed by atoms with van der Waals surface area (Å²) in [7, 11) is 3.28. The molecule has 0 spiro atoms. The second-order valence-electron chi connectivity index (χ2n) is 4.43. The first-order chi connectivity index (χ1) is 9.78. The molecule has 0 aliphatic rings. The van der Waals surface area contributed by atoms with Crippen molar-refractivity contribution in [1.29, 1.82) is 0 Å². The zero-order valence-corrected chi connectivity index (χ0v) is 11.7. The average molecular weight is 274 g/mol. The van der Waals surface area contributed by atoms with Gasteiger partial charge in [-0.05, 0) is 17.7 Å². The predicted octanol–water partition coefficient (Wildman–Crippen LogP) is 1.83. The van der Waals surface area contributed by atoms with Gasteiger partial charge in [0.15, 0.2) is 0 Å². The summed E-state index contributed by atoms with van der Waals surface area (Å²) in [6.45, 7) is 1.08. The Bertz CT molecular complexity index is 561. The van der Waals surface area contributed by atoms with Gasteiger partial charge in [0.2, 0.25) is 0 Å². The van der Waals surface area contributed by atoms with Crippen molar-refractivity contribution in [3.8, 4) is 5.75 Å². The van der Waals surface area contributed by atoms with Crippen LogP contribution in [0.1, 0.15) is 16.8 Å². The number of hydrogen-bond donors (Lipinski definition) is 0. The van der Waals surface area contributed by atoms with Crippen molar-refractivity contribution < 1.29 is 14.3 Å². The molecule has 0 radical (unpaired) electrons. The van der Waals surface area contributed by atoms with Gasteiger partial charge in [-0.3, -0.25) is 4.68 Å². The Morgan fingerprint density at radius 3 is 2.60 bits per heavy atom. The maximum Gasteiger partial charge on any atom is 0.124 e. The molecule has 0 unspecified atom stereocenters. The SMILES string of the molecule is COCc1c(CC=O)cnn1Cc1ccc(OC)cc1. The molecular formula is C15H18N2O3. The molecule has 0 aliphatic carbocycles. The molecule has 0 N–H and O–H groups in total. The number of carbonyl (C=O) groups excluding carboxylic acids is 1. The molecule has 0 atom stereocenters. The van der Waals surface area contributed by atoms with E-state index in [0.717, 1.165) is 28.9 Å². The lowest BCUT2D eigenvalue weighted by molar-refractivity contribution is -0.107. The second-order valence-corrected chi connectivity index (χ2v) is 4.43. The highest BCUT2D eigenvalue weighted by atomic mass is 16.5. The highest BCUT2D eigenvalue weighted by molar-refractivity contribution is 5.55. The molecule has 2 aromatic rings. The fraction of sp³-hybridized carbons (Fsp3) is 0.333. The van der Waals surface area contributed by atoms with Gasteiger partial charge in [-0.15, -0.1) is 0 Å². The highest BCUT2D eigenvalue weighted by Gasteiger charge is 2.10. The molecule has 0 amide bonds. The lowest BCUT2D eigenvalue weighted by atomic mass is 10.2. The van der Waals surface area contributed by atoms with Gasteiger partial charge < -0.3 is 14.3 Å². The Morgan fingerprint density at radius 1 is 1.25 bits per heavy atom.